The van der Waals surface area contributed by atoms with Gasteiger partial charge in [-0.25, -0.2) is 0 Å². The summed E-state index contributed by atoms with van der Waals surface area (Å²) in [5.41, 5.74) is -0.760. The first-order chi connectivity index (χ1) is 17.1. The first-order valence-corrected chi connectivity index (χ1v) is 16.1. The highest BCUT2D eigenvalue weighted by molar-refractivity contribution is 9.09. The van der Waals surface area contributed by atoms with E-state index >= 15 is 0 Å². The average molecular weight is 578 g/mol. The lowest BCUT2D eigenvalue weighted by atomic mass is 9.82. The van der Waals surface area contributed by atoms with E-state index in [2.05, 4.69) is 92.2 Å². The average Bonchev–Trinajstić information content (AvgIpc) is 3.31. The Morgan fingerprint density at radius 1 is 1.08 bits per heavy atom. The Kier molecular flexibility index (Phi) is 10.8. The lowest BCUT2D eigenvalue weighted by Crippen LogP contribution is -2.53. The van der Waals surface area contributed by atoms with Gasteiger partial charge in [-0.1, -0.05) is 117 Å². The van der Waals surface area contributed by atoms with E-state index in [-0.39, 0.29) is 12.7 Å². The van der Waals surface area contributed by atoms with Crippen LogP contribution in [0.3, 0.4) is 0 Å². The van der Waals surface area contributed by atoms with Gasteiger partial charge in [0.05, 0.1) is 18.0 Å². The first kappa shape index (κ1) is 29.5. The van der Waals surface area contributed by atoms with Crippen LogP contribution in [-0.4, -0.2) is 50.7 Å². The van der Waals surface area contributed by atoms with Crippen molar-refractivity contribution in [3.63, 3.8) is 0 Å². The van der Waals surface area contributed by atoms with Gasteiger partial charge in [-0.15, -0.1) is 0 Å². The summed E-state index contributed by atoms with van der Waals surface area (Å²) in [7, 11) is -0.298. The van der Waals surface area contributed by atoms with Crippen LogP contribution in [0.4, 0.5) is 0 Å². The van der Waals surface area contributed by atoms with Crippen molar-refractivity contribution in [2.45, 2.75) is 83.7 Å². The molecule has 0 saturated carbocycles. The highest BCUT2D eigenvalue weighted by Gasteiger charge is 2.49. The Balaban J connectivity index is 1.78. The Morgan fingerprint density at radius 3 is 2.14 bits per heavy atom. The summed E-state index contributed by atoms with van der Waals surface area (Å²) < 4.78 is 18.9. The molecular formula is C30H45BrO4Si. The molecule has 0 aromatic heterocycles. The summed E-state index contributed by atoms with van der Waals surface area (Å²) >= 11 is 3.55. The number of benzene rings is 2. The molecule has 1 heterocycles. The number of hydrogen-bond acceptors (Lipinski definition) is 4. The molecule has 0 radical (unpaired) electrons. The van der Waals surface area contributed by atoms with Crippen LogP contribution in [0.15, 0.2) is 60.7 Å². The molecule has 0 amide bonds. The molecule has 1 saturated heterocycles. The van der Waals surface area contributed by atoms with E-state index in [1.165, 1.54) is 16.8 Å². The summed E-state index contributed by atoms with van der Waals surface area (Å²) in [4.78, 5) is 0. The largest absolute Gasteiger partial charge is 0.408 e. The van der Waals surface area contributed by atoms with Gasteiger partial charge in [0.15, 0.2) is 5.79 Å². The standard InChI is InChI=1S/C30H45BrO4Si/c1-24(21-28(2,3)4)13-12-19-29(32,27-18-20-30(22-31,33-5)35-27)23-34-36(25-14-8-6-9-15-25)26-16-10-7-11-17-26/h6-11,14-17,24,27,32,36H,12-13,18-23H2,1-5H3. The molecule has 6 heteroatoms. The van der Waals surface area contributed by atoms with Crippen LogP contribution in [0.1, 0.15) is 66.2 Å². The molecule has 1 aliphatic rings. The molecule has 1 fully saturated rings. The van der Waals surface area contributed by atoms with Crippen molar-refractivity contribution in [1.82, 2.24) is 0 Å². The third-order valence-electron chi connectivity index (χ3n) is 7.29. The lowest BCUT2D eigenvalue weighted by Gasteiger charge is -2.37. The zero-order valence-electron chi connectivity index (χ0n) is 22.7. The monoisotopic (exact) mass is 576 g/mol. The number of hydrogen-bond donors (Lipinski definition) is 1. The van der Waals surface area contributed by atoms with Crippen molar-refractivity contribution >= 4 is 35.3 Å². The van der Waals surface area contributed by atoms with Crippen molar-refractivity contribution in [3.8, 4) is 0 Å². The minimum absolute atomic E-state index is 0.258. The fraction of sp³-hybridized carbons (Fsp3) is 0.600. The molecule has 4 unspecified atom stereocenters. The van der Waals surface area contributed by atoms with Gasteiger partial charge in [0.2, 0.25) is 9.04 Å². The van der Waals surface area contributed by atoms with Crippen LogP contribution in [0.2, 0.25) is 0 Å². The van der Waals surface area contributed by atoms with E-state index in [9.17, 15) is 5.11 Å². The smallest absolute Gasteiger partial charge is 0.240 e. The van der Waals surface area contributed by atoms with E-state index in [1.807, 2.05) is 12.1 Å². The van der Waals surface area contributed by atoms with Gasteiger partial charge in [-0.2, -0.15) is 0 Å². The number of aliphatic hydroxyl groups is 1. The Hall–Kier alpha value is -1.02. The number of methoxy groups -OCH3 is 1. The van der Waals surface area contributed by atoms with E-state index in [4.69, 9.17) is 13.9 Å². The second-order valence-corrected chi connectivity index (χ2v) is 14.8. The summed E-state index contributed by atoms with van der Waals surface area (Å²) in [5.74, 6) is -0.0792. The Morgan fingerprint density at radius 2 is 1.67 bits per heavy atom. The number of rotatable bonds is 13. The first-order valence-electron chi connectivity index (χ1n) is 13.3. The van der Waals surface area contributed by atoms with Crippen LogP contribution in [0, 0.1) is 11.3 Å². The quantitative estimate of drug-likeness (QED) is 0.255. The van der Waals surface area contributed by atoms with Crippen molar-refractivity contribution in [2.75, 3.05) is 19.0 Å². The fourth-order valence-corrected chi connectivity index (χ4v) is 8.52. The van der Waals surface area contributed by atoms with E-state index in [1.54, 1.807) is 7.11 Å². The molecule has 2 aromatic carbocycles. The molecule has 0 spiro atoms. The minimum atomic E-state index is -1.98. The van der Waals surface area contributed by atoms with E-state index in [0.29, 0.717) is 23.1 Å². The van der Waals surface area contributed by atoms with Crippen molar-refractivity contribution < 1.29 is 19.0 Å². The van der Waals surface area contributed by atoms with Crippen molar-refractivity contribution in [1.29, 1.82) is 0 Å². The zero-order chi connectivity index (χ0) is 26.2. The fourth-order valence-electron chi connectivity index (χ4n) is 5.51. The predicted octanol–water partition coefficient (Wildman–Crippen LogP) is 5.43. The molecule has 36 heavy (non-hydrogen) atoms. The van der Waals surface area contributed by atoms with Gasteiger partial charge in [0, 0.05) is 13.5 Å². The molecule has 4 nitrogen and oxygen atoms in total. The minimum Gasteiger partial charge on any atom is -0.408 e. The molecule has 1 N–H and O–H groups in total. The molecule has 4 atom stereocenters. The second kappa shape index (κ2) is 13.2. The molecule has 2 aromatic rings. The van der Waals surface area contributed by atoms with Gasteiger partial charge in [-0.3, -0.25) is 0 Å². The summed E-state index contributed by atoms with van der Waals surface area (Å²) in [6, 6.07) is 20.9. The summed E-state index contributed by atoms with van der Waals surface area (Å²) in [6.07, 6.45) is 5.02. The maximum Gasteiger partial charge on any atom is 0.240 e. The van der Waals surface area contributed by atoms with Crippen molar-refractivity contribution in [3.05, 3.63) is 60.7 Å². The maximum absolute atomic E-state index is 12.1. The zero-order valence-corrected chi connectivity index (χ0v) is 25.5. The molecule has 200 valence electrons. The molecular weight excluding hydrogens is 532 g/mol. The normalized spacial score (nSPS) is 23.1. The summed E-state index contributed by atoms with van der Waals surface area (Å²) in [5, 5.41) is 15.1. The number of halogens is 1. The van der Waals surface area contributed by atoms with Crippen LogP contribution in [0.5, 0.6) is 0 Å². The second-order valence-electron chi connectivity index (χ2n) is 11.8. The van der Waals surface area contributed by atoms with Crippen LogP contribution < -0.4 is 10.4 Å². The molecule has 3 rings (SSSR count). The third-order valence-corrected chi connectivity index (χ3v) is 10.6. The highest BCUT2D eigenvalue weighted by Crippen LogP contribution is 2.40. The Bertz CT molecular complexity index is 861. The third kappa shape index (κ3) is 8.24. The predicted molar refractivity (Wildman–Crippen MR) is 155 cm³/mol. The van der Waals surface area contributed by atoms with Crippen LogP contribution >= 0.6 is 15.9 Å². The van der Waals surface area contributed by atoms with Gasteiger partial charge >= 0.3 is 0 Å². The van der Waals surface area contributed by atoms with Crippen molar-refractivity contribution in [2.24, 2.45) is 11.3 Å². The lowest BCUT2D eigenvalue weighted by molar-refractivity contribution is -0.231. The van der Waals surface area contributed by atoms with Gasteiger partial charge in [-0.05, 0) is 41.0 Å². The molecule has 0 bridgehead atoms. The highest BCUT2D eigenvalue weighted by atomic mass is 79.9. The summed E-state index contributed by atoms with van der Waals surface area (Å²) in [6.45, 7) is 9.46. The van der Waals surface area contributed by atoms with Crippen LogP contribution in [0.25, 0.3) is 0 Å². The Labute approximate surface area is 228 Å². The molecule has 1 aliphatic heterocycles. The SMILES string of the molecule is COC1(CBr)CCC(C(O)(CCCC(C)CC(C)(C)C)CO[SiH](c2ccccc2)c2ccccc2)O1. The van der Waals surface area contributed by atoms with Gasteiger partial charge in [0.25, 0.3) is 0 Å². The van der Waals surface area contributed by atoms with E-state index < -0.39 is 20.4 Å². The van der Waals surface area contributed by atoms with Gasteiger partial charge < -0.3 is 19.0 Å². The topological polar surface area (TPSA) is 47.9 Å². The van der Waals surface area contributed by atoms with Crippen LogP contribution in [-0.2, 0) is 13.9 Å². The van der Waals surface area contributed by atoms with E-state index in [0.717, 1.165) is 25.7 Å². The van der Waals surface area contributed by atoms with Gasteiger partial charge in [0.1, 0.15) is 5.60 Å². The number of alkyl halides is 1. The maximum atomic E-state index is 12.1. The molecule has 0 aliphatic carbocycles. The number of ether oxygens (including phenoxy) is 2.